The third-order valence-corrected chi connectivity index (χ3v) is 3.15. The number of benzene rings is 1. The molecule has 0 unspecified atom stereocenters. The molecule has 0 bridgehead atoms. The molecule has 20 heavy (non-hydrogen) atoms. The van der Waals surface area contributed by atoms with E-state index in [1.807, 2.05) is 18.2 Å². The second-order valence-corrected chi connectivity index (χ2v) is 4.58. The first-order valence-corrected chi connectivity index (χ1v) is 6.62. The number of nitrogens with two attached hydrogens (primary N) is 1. The zero-order valence-corrected chi connectivity index (χ0v) is 11.8. The van der Waals surface area contributed by atoms with E-state index in [1.54, 1.807) is 0 Å². The number of carbonyl (C=O) groups is 1. The summed E-state index contributed by atoms with van der Waals surface area (Å²) < 4.78 is 0. The highest BCUT2D eigenvalue weighted by Gasteiger charge is 2.11. The van der Waals surface area contributed by atoms with Gasteiger partial charge < -0.3 is 11.1 Å². The number of nitrogens with one attached hydrogen (secondary N) is 1. The first-order valence-electron chi connectivity index (χ1n) is 6.24. The van der Waals surface area contributed by atoms with Gasteiger partial charge in [-0.2, -0.15) is 4.98 Å². The molecule has 1 heterocycles. The molecule has 2 rings (SSSR count). The molecule has 0 aliphatic heterocycles. The van der Waals surface area contributed by atoms with Crippen LogP contribution in [-0.2, 0) is 13.0 Å². The predicted octanol–water partition coefficient (Wildman–Crippen LogP) is 2.40. The third-order valence-electron chi connectivity index (χ3n) is 2.97. The van der Waals surface area contributed by atoms with Crippen molar-refractivity contribution in [3.8, 4) is 0 Å². The van der Waals surface area contributed by atoms with Crippen molar-refractivity contribution in [1.82, 2.24) is 9.97 Å². The summed E-state index contributed by atoms with van der Waals surface area (Å²) in [5.74, 6) is -0.239. The molecule has 1 aromatic heterocycles. The topological polar surface area (TPSA) is 80.9 Å². The molecule has 0 saturated heterocycles. The van der Waals surface area contributed by atoms with Crippen LogP contribution in [0.1, 0.15) is 28.4 Å². The Balaban J connectivity index is 2.22. The number of hydrogen-bond acceptors (Lipinski definition) is 4. The van der Waals surface area contributed by atoms with Gasteiger partial charge in [-0.05, 0) is 29.1 Å². The summed E-state index contributed by atoms with van der Waals surface area (Å²) in [6, 6.07) is 8.06. The molecule has 2 aromatic rings. The van der Waals surface area contributed by atoms with E-state index in [1.165, 1.54) is 11.8 Å². The maximum atomic E-state index is 11.3. The van der Waals surface area contributed by atoms with Crippen molar-refractivity contribution in [2.45, 2.75) is 19.9 Å². The molecule has 5 nitrogen and oxygen atoms in total. The molecule has 0 saturated carbocycles. The van der Waals surface area contributed by atoms with Gasteiger partial charge in [-0.25, -0.2) is 4.98 Å². The van der Waals surface area contributed by atoms with Crippen LogP contribution < -0.4 is 11.1 Å². The average molecular weight is 291 g/mol. The largest absolute Gasteiger partial charge is 0.365 e. The molecule has 1 aromatic carbocycles. The Morgan fingerprint density at radius 1 is 1.35 bits per heavy atom. The molecule has 104 valence electrons. The van der Waals surface area contributed by atoms with Crippen molar-refractivity contribution in [2.24, 2.45) is 5.73 Å². The fourth-order valence-corrected chi connectivity index (χ4v) is 2.06. The normalized spacial score (nSPS) is 10.3. The van der Waals surface area contributed by atoms with E-state index in [4.69, 9.17) is 17.3 Å². The van der Waals surface area contributed by atoms with E-state index < -0.39 is 5.91 Å². The molecular formula is C14H15ClN4O. The maximum absolute atomic E-state index is 11.3. The highest BCUT2D eigenvalue weighted by Crippen LogP contribution is 2.16. The first-order chi connectivity index (χ1) is 9.61. The molecule has 1 amide bonds. The summed E-state index contributed by atoms with van der Waals surface area (Å²) in [5, 5.41) is 3.16. The summed E-state index contributed by atoms with van der Waals surface area (Å²) >= 11 is 5.75. The Morgan fingerprint density at radius 3 is 2.70 bits per heavy atom. The van der Waals surface area contributed by atoms with Gasteiger partial charge in [0.2, 0.25) is 5.28 Å². The number of hydrogen-bond donors (Lipinski definition) is 2. The van der Waals surface area contributed by atoms with Crippen LogP contribution >= 0.6 is 11.6 Å². The van der Waals surface area contributed by atoms with Crippen LogP contribution in [-0.4, -0.2) is 15.9 Å². The molecule has 0 spiro atoms. The van der Waals surface area contributed by atoms with Gasteiger partial charge >= 0.3 is 0 Å². The first kappa shape index (κ1) is 14.3. The van der Waals surface area contributed by atoms with Crippen molar-refractivity contribution in [2.75, 3.05) is 5.32 Å². The van der Waals surface area contributed by atoms with Gasteiger partial charge in [0.15, 0.2) is 0 Å². The van der Waals surface area contributed by atoms with Gasteiger partial charge in [-0.3, -0.25) is 4.79 Å². The van der Waals surface area contributed by atoms with E-state index >= 15 is 0 Å². The van der Waals surface area contributed by atoms with Crippen LogP contribution in [0.25, 0.3) is 0 Å². The van der Waals surface area contributed by atoms with E-state index in [2.05, 4.69) is 28.3 Å². The van der Waals surface area contributed by atoms with Crippen LogP contribution in [0.5, 0.6) is 0 Å². The monoisotopic (exact) mass is 290 g/mol. The number of halogens is 1. The van der Waals surface area contributed by atoms with Gasteiger partial charge in [0, 0.05) is 12.7 Å². The van der Waals surface area contributed by atoms with E-state index in [0.29, 0.717) is 12.4 Å². The number of nitrogens with zero attached hydrogens (tertiary/aromatic N) is 2. The summed E-state index contributed by atoms with van der Waals surface area (Å²) in [6.45, 7) is 2.63. The summed E-state index contributed by atoms with van der Waals surface area (Å²) in [6.07, 6.45) is 2.26. The van der Waals surface area contributed by atoms with Crippen molar-refractivity contribution in [3.63, 3.8) is 0 Å². The van der Waals surface area contributed by atoms with Crippen molar-refractivity contribution in [1.29, 1.82) is 0 Å². The lowest BCUT2D eigenvalue weighted by Gasteiger charge is -2.11. The SMILES string of the molecule is CCc1ccccc1CNc1nc(Cl)ncc1C(N)=O. The minimum atomic E-state index is -0.590. The number of anilines is 1. The van der Waals surface area contributed by atoms with Gasteiger partial charge in [0.25, 0.3) is 5.91 Å². The number of amides is 1. The zero-order chi connectivity index (χ0) is 14.5. The third kappa shape index (κ3) is 3.24. The minimum absolute atomic E-state index is 0.0706. The molecule has 0 aliphatic rings. The van der Waals surface area contributed by atoms with Crippen molar-refractivity contribution < 1.29 is 4.79 Å². The standard InChI is InChI=1S/C14H15ClN4O/c1-2-9-5-3-4-6-10(9)7-17-13-11(12(16)20)8-18-14(15)19-13/h3-6,8H,2,7H2,1H3,(H2,16,20)(H,17,18,19). The second-order valence-electron chi connectivity index (χ2n) is 4.24. The Labute approximate surface area is 122 Å². The van der Waals surface area contributed by atoms with Gasteiger partial charge in [0.05, 0.1) is 5.56 Å². The van der Waals surface area contributed by atoms with E-state index in [0.717, 1.165) is 12.0 Å². The number of carbonyl (C=O) groups excluding carboxylic acids is 1. The summed E-state index contributed by atoms with van der Waals surface area (Å²) in [5.41, 5.74) is 7.89. The lowest BCUT2D eigenvalue weighted by atomic mass is 10.1. The average Bonchev–Trinajstić information content (AvgIpc) is 2.45. The van der Waals surface area contributed by atoms with E-state index in [9.17, 15) is 4.79 Å². The second kappa shape index (κ2) is 6.34. The zero-order valence-electron chi connectivity index (χ0n) is 11.1. The lowest BCUT2D eigenvalue weighted by molar-refractivity contribution is 0.100. The van der Waals surface area contributed by atoms with Gasteiger partial charge in [0.1, 0.15) is 5.82 Å². The van der Waals surface area contributed by atoms with Gasteiger partial charge in [-0.1, -0.05) is 31.2 Å². The highest BCUT2D eigenvalue weighted by atomic mass is 35.5. The summed E-state index contributed by atoms with van der Waals surface area (Å²) in [4.78, 5) is 19.1. The van der Waals surface area contributed by atoms with Crippen LogP contribution in [0, 0.1) is 0 Å². The molecule has 0 fully saturated rings. The number of aryl methyl sites for hydroxylation is 1. The molecular weight excluding hydrogens is 276 g/mol. The van der Waals surface area contributed by atoms with Crippen LogP contribution in [0.2, 0.25) is 5.28 Å². The van der Waals surface area contributed by atoms with Crippen molar-refractivity contribution in [3.05, 3.63) is 52.4 Å². The quantitative estimate of drug-likeness (QED) is 0.829. The van der Waals surface area contributed by atoms with Crippen LogP contribution in [0.4, 0.5) is 5.82 Å². The van der Waals surface area contributed by atoms with Crippen LogP contribution in [0.15, 0.2) is 30.5 Å². The highest BCUT2D eigenvalue weighted by molar-refractivity contribution is 6.28. The van der Waals surface area contributed by atoms with E-state index in [-0.39, 0.29) is 10.8 Å². The molecule has 0 radical (unpaired) electrons. The molecule has 3 N–H and O–H groups in total. The fourth-order valence-electron chi connectivity index (χ4n) is 1.93. The minimum Gasteiger partial charge on any atom is -0.365 e. The van der Waals surface area contributed by atoms with Crippen molar-refractivity contribution >= 4 is 23.3 Å². The number of rotatable bonds is 5. The van der Waals surface area contributed by atoms with Gasteiger partial charge in [-0.15, -0.1) is 0 Å². The number of aromatic nitrogens is 2. The Hall–Kier alpha value is -2.14. The smallest absolute Gasteiger partial charge is 0.254 e. The van der Waals surface area contributed by atoms with Crippen LogP contribution in [0.3, 0.4) is 0 Å². The maximum Gasteiger partial charge on any atom is 0.254 e. The molecule has 6 heteroatoms. The predicted molar refractivity (Wildman–Crippen MR) is 78.7 cm³/mol. The molecule has 0 aliphatic carbocycles. The fraction of sp³-hybridized carbons (Fsp3) is 0.214. The summed E-state index contributed by atoms with van der Waals surface area (Å²) in [7, 11) is 0. The Bertz CT molecular complexity index is 630. The Kier molecular flexibility index (Phi) is 4.53. The number of primary amides is 1. The lowest BCUT2D eigenvalue weighted by Crippen LogP contribution is -2.16. The molecule has 0 atom stereocenters. The Morgan fingerprint density at radius 2 is 2.05 bits per heavy atom.